The van der Waals surface area contributed by atoms with Gasteiger partial charge in [0.25, 0.3) is 0 Å². The summed E-state index contributed by atoms with van der Waals surface area (Å²) in [5.41, 5.74) is 1.37. The Bertz CT molecular complexity index is 297. The molecule has 0 radical (unpaired) electrons. The predicted octanol–water partition coefficient (Wildman–Crippen LogP) is 1.66. The average Bonchev–Trinajstić information content (AvgIpc) is 2.31. The van der Waals surface area contributed by atoms with Gasteiger partial charge in [0.05, 0.1) is 0 Å². The second-order valence-corrected chi connectivity index (χ2v) is 4.49. The van der Waals surface area contributed by atoms with E-state index >= 15 is 0 Å². The van der Waals surface area contributed by atoms with Crippen molar-refractivity contribution in [2.75, 3.05) is 19.6 Å². The number of nitrogens with one attached hydrogen (secondary N) is 1. The maximum absolute atomic E-state index is 4.05. The highest BCUT2D eigenvalue weighted by atomic mass is 15.2. The minimum absolute atomic E-state index is 0.681. The van der Waals surface area contributed by atoms with Crippen molar-refractivity contribution in [2.24, 2.45) is 0 Å². The maximum atomic E-state index is 4.05. The summed E-state index contributed by atoms with van der Waals surface area (Å²) in [4.78, 5) is 6.59. The van der Waals surface area contributed by atoms with E-state index in [0.717, 1.165) is 13.1 Å². The Hall–Kier alpha value is -0.930. The van der Waals surface area contributed by atoms with Crippen LogP contribution in [0.5, 0.6) is 0 Å². The molecule has 0 aromatic carbocycles. The number of likely N-dealkylation sites (N-methyl/N-ethyl adjacent to an activating group) is 1. The molecule has 1 aliphatic rings. The summed E-state index contributed by atoms with van der Waals surface area (Å²) in [6.07, 6.45) is 6.38. The lowest BCUT2D eigenvalue weighted by Gasteiger charge is -2.33. The summed E-state index contributed by atoms with van der Waals surface area (Å²) in [7, 11) is 0. The van der Waals surface area contributed by atoms with Crippen LogP contribution < -0.4 is 5.32 Å². The highest BCUT2D eigenvalue weighted by molar-refractivity contribution is 5.09. The molecular weight excluding hydrogens is 198 g/mol. The first-order valence-electron chi connectivity index (χ1n) is 6.23. The highest BCUT2D eigenvalue weighted by Gasteiger charge is 2.18. The second-order valence-electron chi connectivity index (χ2n) is 4.49. The van der Waals surface area contributed by atoms with Crippen LogP contribution in [0.3, 0.4) is 0 Å². The Morgan fingerprint density at radius 3 is 3.00 bits per heavy atom. The van der Waals surface area contributed by atoms with Gasteiger partial charge in [-0.25, -0.2) is 0 Å². The molecule has 1 atom stereocenters. The van der Waals surface area contributed by atoms with E-state index in [4.69, 9.17) is 0 Å². The number of pyridine rings is 1. The van der Waals surface area contributed by atoms with E-state index in [-0.39, 0.29) is 0 Å². The summed E-state index contributed by atoms with van der Waals surface area (Å²) >= 11 is 0. The van der Waals surface area contributed by atoms with Gasteiger partial charge < -0.3 is 5.32 Å². The van der Waals surface area contributed by atoms with Gasteiger partial charge in [0.1, 0.15) is 0 Å². The van der Waals surface area contributed by atoms with E-state index in [2.05, 4.69) is 34.3 Å². The van der Waals surface area contributed by atoms with Crippen molar-refractivity contribution in [3.63, 3.8) is 0 Å². The summed E-state index contributed by atoms with van der Waals surface area (Å²) in [5.74, 6) is 0. The van der Waals surface area contributed by atoms with Gasteiger partial charge in [-0.2, -0.15) is 0 Å². The minimum Gasteiger partial charge on any atom is -0.313 e. The molecule has 0 saturated carbocycles. The van der Waals surface area contributed by atoms with Gasteiger partial charge >= 0.3 is 0 Å². The number of aromatic nitrogens is 1. The molecule has 1 aliphatic heterocycles. The molecular formula is C13H21N3. The lowest BCUT2D eigenvalue weighted by Crippen LogP contribution is -2.45. The molecule has 1 saturated heterocycles. The van der Waals surface area contributed by atoms with Gasteiger partial charge in [0.2, 0.25) is 0 Å². The van der Waals surface area contributed by atoms with E-state index in [1.54, 1.807) is 0 Å². The Morgan fingerprint density at radius 2 is 2.25 bits per heavy atom. The third-order valence-corrected chi connectivity index (χ3v) is 3.15. The molecule has 2 rings (SSSR count). The van der Waals surface area contributed by atoms with Crippen molar-refractivity contribution in [3.05, 3.63) is 30.1 Å². The lowest BCUT2D eigenvalue weighted by molar-refractivity contribution is 0.184. The second kappa shape index (κ2) is 5.97. The third-order valence-electron chi connectivity index (χ3n) is 3.15. The van der Waals surface area contributed by atoms with Crippen molar-refractivity contribution in [2.45, 2.75) is 32.4 Å². The first-order chi connectivity index (χ1) is 7.88. The Morgan fingerprint density at radius 1 is 1.44 bits per heavy atom. The zero-order valence-corrected chi connectivity index (χ0v) is 10.0. The van der Waals surface area contributed by atoms with Crippen LogP contribution >= 0.6 is 0 Å². The quantitative estimate of drug-likeness (QED) is 0.834. The number of nitrogens with zero attached hydrogens (tertiary/aromatic N) is 2. The third kappa shape index (κ3) is 3.29. The molecule has 0 bridgehead atoms. The first-order valence-corrected chi connectivity index (χ1v) is 6.23. The number of hydrogen-bond donors (Lipinski definition) is 1. The van der Waals surface area contributed by atoms with E-state index < -0.39 is 0 Å². The number of hydrogen-bond acceptors (Lipinski definition) is 3. The van der Waals surface area contributed by atoms with Gasteiger partial charge in [0, 0.05) is 31.5 Å². The van der Waals surface area contributed by atoms with Crippen molar-refractivity contribution in [3.8, 4) is 0 Å². The molecule has 1 aromatic rings. The summed E-state index contributed by atoms with van der Waals surface area (Å²) in [5, 5.41) is 3.55. The Balaban J connectivity index is 1.85. The van der Waals surface area contributed by atoms with Gasteiger partial charge in [-0.05, 0) is 43.6 Å². The van der Waals surface area contributed by atoms with Crippen LogP contribution in [0.2, 0.25) is 0 Å². The monoisotopic (exact) mass is 219 g/mol. The minimum atomic E-state index is 0.681. The molecule has 1 aromatic heterocycles. The topological polar surface area (TPSA) is 28.2 Å². The molecule has 1 N–H and O–H groups in total. The van der Waals surface area contributed by atoms with Crippen molar-refractivity contribution < 1.29 is 0 Å². The number of piperidine rings is 1. The number of rotatable bonds is 4. The smallest absolute Gasteiger partial charge is 0.0271 e. The number of likely N-dealkylation sites (tertiary alicyclic amines) is 1. The fraction of sp³-hybridized carbons (Fsp3) is 0.615. The van der Waals surface area contributed by atoms with Crippen LogP contribution in [0.4, 0.5) is 0 Å². The van der Waals surface area contributed by atoms with Crippen molar-refractivity contribution in [1.29, 1.82) is 0 Å². The van der Waals surface area contributed by atoms with E-state index in [0.29, 0.717) is 6.04 Å². The molecule has 2 heterocycles. The molecule has 16 heavy (non-hydrogen) atoms. The van der Waals surface area contributed by atoms with Crippen LogP contribution in [-0.2, 0) is 6.54 Å². The zero-order chi connectivity index (χ0) is 11.2. The van der Waals surface area contributed by atoms with E-state index in [1.807, 2.05) is 12.4 Å². The van der Waals surface area contributed by atoms with Crippen LogP contribution in [-0.4, -0.2) is 35.6 Å². The van der Waals surface area contributed by atoms with Gasteiger partial charge in [0.15, 0.2) is 0 Å². The Labute approximate surface area is 97.9 Å². The average molecular weight is 219 g/mol. The molecule has 3 nitrogen and oxygen atoms in total. The molecule has 0 aliphatic carbocycles. The van der Waals surface area contributed by atoms with E-state index in [9.17, 15) is 0 Å². The normalized spacial score (nSPS) is 22.2. The summed E-state index contributed by atoms with van der Waals surface area (Å²) in [6, 6.07) is 4.90. The largest absolute Gasteiger partial charge is 0.313 e. The standard InChI is InChI=1S/C13H21N3/c1-2-15-13-4-3-9-16(11-13)10-12-5-7-14-8-6-12/h5-8,13,15H,2-4,9-11H2,1H3. The maximum Gasteiger partial charge on any atom is 0.0271 e. The lowest BCUT2D eigenvalue weighted by atomic mass is 10.1. The summed E-state index contributed by atoms with van der Waals surface area (Å²) < 4.78 is 0. The summed E-state index contributed by atoms with van der Waals surface area (Å²) in [6.45, 7) is 6.72. The van der Waals surface area contributed by atoms with Crippen molar-refractivity contribution >= 4 is 0 Å². The molecule has 3 heteroatoms. The fourth-order valence-corrected chi connectivity index (χ4v) is 2.40. The SMILES string of the molecule is CCNC1CCCN(Cc2ccncc2)C1. The molecule has 1 unspecified atom stereocenters. The van der Waals surface area contributed by atoms with Gasteiger partial charge in [-0.1, -0.05) is 6.92 Å². The Kier molecular flexibility index (Phi) is 4.31. The van der Waals surface area contributed by atoms with Gasteiger partial charge in [-0.3, -0.25) is 9.88 Å². The van der Waals surface area contributed by atoms with E-state index in [1.165, 1.54) is 31.5 Å². The van der Waals surface area contributed by atoms with Crippen LogP contribution in [0, 0.1) is 0 Å². The molecule has 1 fully saturated rings. The van der Waals surface area contributed by atoms with Gasteiger partial charge in [-0.15, -0.1) is 0 Å². The van der Waals surface area contributed by atoms with Crippen LogP contribution in [0.15, 0.2) is 24.5 Å². The zero-order valence-electron chi connectivity index (χ0n) is 10.0. The molecule has 0 amide bonds. The van der Waals surface area contributed by atoms with Crippen molar-refractivity contribution in [1.82, 2.24) is 15.2 Å². The molecule has 0 spiro atoms. The van der Waals surface area contributed by atoms with Crippen LogP contribution in [0.25, 0.3) is 0 Å². The first kappa shape index (κ1) is 11.6. The predicted molar refractivity (Wildman–Crippen MR) is 66.2 cm³/mol. The fourth-order valence-electron chi connectivity index (χ4n) is 2.40. The molecule has 88 valence electrons. The van der Waals surface area contributed by atoms with Crippen LogP contribution in [0.1, 0.15) is 25.3 Å². The highest BCUT2D eigenvalue weighted by Crippen LogP contribution is 2.13.